The number of carboxylic acid groups (broad SMARTS) is 1. The van der Waals surface area contributed by atoms with Crippen molar-refractivity contribution in [2.45, 2.75) is 11.2 Å². The third-order valence-electron chi connectivity index (χ3n) is 2.55. The molecule has 21 heavy (non-hydrogen) atoms. The second kappa shape index (κ2) is 6.70. The second-order valence-corrected chi connectivity index (χ2v) is 6.26. The minimum absolute atomic E-state index is 0.240. The zero-order valence-electron chi connectivity index (χ0n) is 11.7. The van der Waals surface area contributed by atoms with Gasteiger partial charge >= 0.3 is 5.97 Å². The third-order valence-corrected chi connectivity index (χ3v) is 4.24. The smallest absolute Gasteiger partial charge is 0.334 e. The van der Waals surface area contributed by atoms with Crippen LogP contribution in [-0.2, 0) is 19.6 Å². The maximum absolute atomic E-state index is 11.8. The molecule has 0 aliphatic carbocycles. The number of furan rings is 1. The number of ether oxygens (including phenoxy) is 1. The van der Waals surface area contributed by atoms with Crippen LogP contribution in [0.3, 0.4) is 0 Å². The number of aliphatic carboxylic acids is 1. The summed E-state index contributed by atoms with van der Waals surface area (Å²) in [4.78, 5) is 22.4. The first-order chi connectivity index (χ1) is 9.70. The number of methoxy groups -OCH3 is 1. The highest BCUT2D eigenvalue weighted by molar-refractivity contribution is 7.88. The lowest BCUT2D eigenvalue weighted by atomic mass is 10.3. The van der Waals surface area contributed by atoms with Crippen LogP contribution in [0.2, 0.25) is 0 Å². The molecule has 1 unspecified atom stereocenters. The van der Waals surface area contributed by atoms with Gasteiger partial charge in [0.05, 0.1) is 6.54 Å². The Bertz CT molecular complexity index is 620. The first-order valence-corrected chi connectivity index (χ1v) is 7.20. The monoisotopic (exact) mass is 320 g/mol. The van der Waals surface area contributed by atoms with E-state index in [0.717, 1.165) is 10.4 Å². The van der Waals surface area contributed by atoms with Crippen LogP contribution in [-0.4, -0.2) is 63.6 Å². The second-order valence-electron chi connectivity index (χ2n) is 4.18. The van der Waals surface area contributed by atoms with Crippen molar-refractivity contribution in [2.24, 2.45) is 0 Å². The Labute approximate surface area is 121 Å². The van der Waals surface area contributed by atoms with E-state index in [0.29, 0.717) is 0 Å². The van der Waals surface area contributed by atoms with Gasteiger partial charge in [0.2, 0.25) is 5.09 Å². The van der Waals surface area contributed by atoms with Gasteiger partial charge in [0.25, 0.3) is 15.9 Å². The van der Waals surface area contributed by atoms with Crippen molar-refractivity contribution in [3.05, 3.63) is 17.9 Å². The van der Waals surface area contributed by atoms with Crippen molar-refractivity contribution in [3.63, 3.8) is 0 Å². The average molecular weight is 320 g/mol. The van der Waals surface area contributed by atoms with Crippen LogP contribution in [0.15, 0.2) is 21.6 Å². The molecular weight excluding hydrogens is 304 g/mol. The summed E-state index contributed by atoms with van der Waals surface area (Å²) < 4.78 is 34.1. The topological polar surface area (TPSA) is 126 Å². The number of carbonyl (C=O) groups excluding carboxylic acids is 1. The van der Waals surface area contributed by atoms with Crippen LogP contribution in [0.25, 0.3) is 0 Å². The quantitative estimate of drug-likeness (QED) is 0.684. The zero-order chi connectivity index (χ0) is 16.2. The van der Waals surface area contributed by atoms with Crippen molar-refractivity contribution in [3.8, 4) is 0 Å². The molecule has 0 saturated heterocycles. The summed E-state index contributed by atoms with van der Waals surface area (Å²) in [5.74, 6) is -2.21. The minimum atomic E-state index is -3.77. The van der Waals surface area contributed by atoms with Crippen LogP contribution in [0.5, 0.6) is 0 Å². The van der Waals surface area contributed by atoms with Gasteiger partial charge in [-0.05, 0) is 12.1 Å². The molecule has 1 aromatic rings. The van der Waals surface area contributed by atoms with Crippen LogP contribution in [0, 0.1) is 0 Å². The molecule has 10 heteroatoms. The molecule has 0 fully saturated rings. The van der Waals surface area contributed by atoms with Crippen molar-refractivity contribution in [1.82, 2.24) is 9.62 Å². The predicted octanol–water partition coefficient (Wildman–Crippen LogP) is -0.641. The number of carboxylic acids is 1. The van der Waals surface area contributed by atoms with E-state index in [9.17, 15) is 18.0 Å². The lowest BCUT2D eigenvalue weighted by Crippen LogP contribution is -2.37. The van der Waals surface area contributed by atoms with Gasteiger partial charge in [-0.1, -0.05) is 0 Å². The van der Waals surface area contributed by atoms with Gasteiger partial charge in [-0.15, -0.1) is 0 Å². The fourth-order valence-electron chi connectivity index (χ4n) is 1.30. The fourth-order valence-corrected chi connectivity index (χ4v) is 2.10. The van der Waals surface area contributed by atoms with Crippen LogP contribution < -0.4 is 5.32 Å². The molecule has 0 radical (unpaired) electrons. The molecule has 1 aromatic heterocycles. The lowest BCUT2D eigenvalue weighted by Gasteiger charge is -2.10. The molecule has 0 spiro atoms. The van der Waals surface area contributed by atoms with E-state index in [1.54, 1.807) is 0 Å². The summed E-state index contributed by atoms with van der Waals surface area (Å²) in [7, 11) is 0.0770. The molecule has 1 atom stereocenters. The van der Waals surface area contributed by atoms with Gasteiger partial charge in [-0.25, -0.2) is 17.5 Å². The number of nitrogens with zero attached hydrogens (tertiary/aromatic N) is 1. The molecule has 2 N–H and O–H groups in total. The van der Waals surface area contributed by atoms with E-state index in [2.05, 4.69) is 10.1 Å². The molecule has 0 aliphatic heterocycles. The maximum atomic E-state index is 11.8. The van der Waals surface area contributed by atoms with Gasteiger partial charge < -0.3 is 19.6 Å². The van der Waals surface area contributed by atoms with Gasteiger partial charge in [0, 0.05) is 21.2 Å². The Hall–Kier alpha value is -1.91. The first kappa shape index (κ1) is 17.1. The molecule has 0 aromatic carbocycles. The van der Waals surface area contributed by atoms with Gasteiger partial charge in [-0.3, -0.25) is 4.79 Å². The minimum Gasteiger partial charge on any atom is -0.479 e. The molecule has 1 amide bonds. The largest absolute Gasteiger partial charge is 0.479 e. The van der Waals surface area contributed by atoms with E-state index in [1.807, 2.05) is 0 Å². The fraction of sp³-hybridized carbons (Fsp3) is 0.455. The highest BCUT2D eigenvalue weighted by Gasteiger charge is 2.24. The van der Waals surface area contributed by atoms with E-state index < -0.39 is 28.0 Å². The van der Waals surface area contributed by atoms with Crippen LogP contribution in [0.4, 0.5) is 0 Å². The Morgan fingerprint density at radius 3 is 2.52 bits per heavy atom. The highest BCUT2D eigenvalue weighted by atomic mass is 32.2. The first-order valence-electron chi connectivity index (χ1n) is 5.76. The van der Waals surface area contributed by atoms with Gasteiger partial charge in [-0.2, -0.15) is 0 Å². The van der Waals surface area contributed by atoms with E-state index in [4.69, 9.17) is 9.52 Å². The maximum Gasteiger partial charge on any atom is 0.334 e. The normalized spacial score (nSPS) is 13.1. The Kier molecular flexibility index (Phi) is 5.47. The summed E-state index contributed by atoms with van der Waals surface area (Å²) in [5.41, 5.74) is 0. The lowest BCUT2D eigenvalue weighted by molar-refractivity contribution is -0.148. The van der Waals surface area contributed by atoms with Crippen LogP contribution in [0.1, 0.15) is 10.6 Å². The molecule has 0 aliphatic rings. The molecule has 1 heterocycles. The third kappa shape index (κ3) is 4.03. The Morgan fingerprint density at radius 2 is 2.05 bits per heavy atom. The molecule has 1 rings (SSSR count). The number of hydrogen-bond donors (Lipinski definition) is 2. The SMILES string of the molecule is COC(CNC(=O)c1ccc(S(=O)(=O)N(C)C)o1)C(=O)O. The number of nitrogens with one attached hydrogen (secondary N) is 1. The Balaban J connectivity index is 2.78. The number of rotatable bonds is 7. The molecule has 0 saturated carbocycles. The summed E-state index contributed by atoms with van der Waals surface area (Å²) in [6.45, 7) is -0.277. The number of amides is 1. The summed E-state index contributed by atoms with van der Waals surface area (Å²) in [6, 6.07) is 2.34. The van der Waals surface area contributed by atoms with Crippen molar-refractivity contribution in [1.29, 1.82) is 0 Å². The molecular formula is C11H16N2O7S. The summed E-state index contributed by atoms with van der Waals surface area (Å²) in [6.07, 6.45) is -1.20. The van der Waals surface area contributed by atoms with Crippen LogP contribution >= 0.6 is 0 Å². The molecule has 118 valence electrons. The van der Waals surface area contributed by atoms with Crippen molar-refractivity contribution < 1.29 is 32.3 Å². The zero-order valence-corrected chi connectivity index (χ0v) is 12.5. The van der Waals surface area contributed by atoms with Crippen molar-refractivity contribution in [2.75, 3.05) is 27.7 Å². The Morgan fingerprint density at radius 1 is 1.43 bits per heavy atom. The average Bonchev–Trinajstić information content (AvgIpc) is 2.88. The van der Waals surface area contributed by atoms with Gasteiger partial charge in [0.15, 0.2) is 11.9 Å². The van der Waals surface area contributed by atoms with E-state index in [-0.39, 0.29) is 17.4 Å². The number of carbonyl (C=O) groups is 2. The standard InChI is InChI=1S/C11H16N2O7S/c1-13(2)21(17,18)9-5-4-7(20-9)10(14)12-6-8(19-3)11(15)16/h4-5,8H,6H2,1-3H3,(H,12,14)(H,15,16). The van der Waals surface area contributed by atoms with E-state index in [1.165, 1.54) is 27.3 Å². The van der Waals surface area contributed by atoms with E-state index >= 15 is 0 Å². The predicted molar refractivity (Wildman–Crippen MR) is 70.3 cm³/mol. The number of sulfonamides is 1. The van der Waals surface area contributed by atoms with Gasteiger partial charge in [0.1, 0.15) is 0 Å². The number of hydrogen-bond acceptors (Lipinski definition) is 6. The van der Waals surface area contributed by atoms with Crippen molar-refractivity contribution >= 4 is 21.9 Å². The summed E-state index contributed by atoms with van der Waals surface area (Å²) >= 11 is 0. The highest BCUT2D eigenvalue weighted by Crippen LogP contribution is 2.16. The molecule has 9 nitrogen and oxygen atoms in total. The molecule has 0 bridgehead atoms. The summed E-state index contributed by atoms with van der Waals surface area (Å²) in [5, 5.41) is 10.6.